The highest BCUT2D eigenvalue weighted by Crippen LogP contribution is 2.48. The molecule has 17 heavy (non-hydrogen) atoms. The summed E-state index contributed by atoms with van der Waals surface area (Å²) in [5.41, 5.74) is 2.12. The molecule has 92 valence electrons. The van der Waals surface area contributed by atoms with Crippen LogP contribution in [-0.4, -0.2) is 30.1 Å². The number of piperidine rings is 1. The number of likely N-dealkylation sites (tertiary alicyclic amines) is 1. The molecular weight excluding hydrogens is 210 g/mol. The predicted octanol–water partition coefficient (Wildman–Crippen LogP) is 2.48. The first kappa shape index (κ1) is 11.2. The maximum atomic E-state index is 10.4. The summed E-state index contributed by atoms with van der Waals surface area (Å²) in [6, 6.07) is 8.52. The van der Waals surface area contributed by atoms with Crippen LogP contribution in [-0.2, 0) is 5.60 Å². The van der Waals surface area contributed by atoms with Crippen LogP contribution in [0.3, 0.4) is 0 Å². The van der Waals surface area contributed by atoms with Gasteiger partial charge in [0, 0.05) is 0 Å². The van der Waals surface area contributed by atoms with E-state index in [0.717, 1.165) is 12.8 Å². The molecule has 1 aromatic rings. The van der Waals surface area contributed by atoms with E-state index in [2.05, 4.69) is 36.2 Å². The maximum absolute atomic E-state index is 10.4. The van der Waals surface area contributed by atoms with Crippen LogP contribution in [0.1, 0.15) is 42.7 Å². The van der Waals surface area contributed by atoms with E-state index in [4.69, 9.17) is 0 Å². The smallest absolute Gasteiger partial charge is 0.0901 e. The van der Waals surface area contributed by atoms with Crippen molar-refractivity contribution in [2.24, 2.45) is 0 Å². The number of aliphatic hydroxyl groups is 1. The van der Waals surface area contributed by atoms with Gasteiger partial charge in [-0.3, -0.25) is 0 Å². The van der Waals surface area contributed by atoms with Crippen molar-refractivity contribution in [1.29, 1.82) is 0 Å². The van der Waals surface area contributed by atoms with Gasteiger partial charge in [-0.1, -0.05) is 24.3 Å². The summed E-state index contributed by atoms with van der Waals surface area (Å²) >= 11 is 0. The molecule has 1 aliphatic carbocycles. The lowest BCUT2D eigenvalue weighted by Gasteiger charge is -2.31. The first-order valence-electron chi connectivity index (χ1n) is 6.69. The monoisotopic (exact) mass is 231 g/mol. The van der Waals surface area contributed by atoms with E-state index >= 15 is 0 Å². The number of hydrogen-bond acceptors (Lipinski definition) is 2. The molecule has 1 heterocycles. The molecule has 0 amide bonds. The zero-order chi connectivity index (χ0) is 11.9. The summed E-state index contributed by atoms with van der Waals surface area (Å²) in [7, 11) is 2.19. The minimum atomic E-state index is -0.486. The SMILES string of the molecule is CN1CCC(c2ccccc2C2(O)CC2)CC1. The van der Waals surface area contributed by atoms with Gasteiger partial charge in [0.2, 0.25) is 0 Å². The quantitative estimate of drug-likeness (QED) is 0.845. The molecule has 1 saturated carbocycles. The fourth-order valence-electron chi connectivity index (χ4n) is 2.98. The zero-order valence-corrected chi connectivity index (χ0v) is 10.5. The topological polar surface area (TPSA) is 23.5 Å². The van der Waals surface area contributed by atoms with Crippen molar-refractivity contribution in [2.75, 3.05) is 20.1 Å². The second-order valence-electron chi connectivity index (χ2n) is 5.70. The molecule has 2 aliphatic rings. The van der Waals surface area contributed by atoms with Crippen LogP contribution < -0.4 is 0 Å². The van der Waals surface area contributed by atoms with E-state index in [-0.39, 0.29) is 0 Å². The Morgan fingerprint density at radius 3 is 2.47 bits per heavy atom. The van der Waals surface area contributed by atoms with Crippen molar-refractivity contribution >= 4 is 0 Å². The third kappa shape index (κ3) is 2.12. The van der Waals surface area contributed by atoms with Crippen LogP contribution in [0.4, 0.5) is 0 Å². The second-order valence-corrected chi connectivity index (χ2v) is 5.70. The number of nitrogens with zero attached hydrogens (tertiary/aromatic N) is 1. The number of hydrogen-bond donors (Lipinski definition) is 1. The van der Waals surface area contributed by atoms with Gasteiger partial charge in [0.25, 0.3) is 0 Å². The Morgan fingerprint density at radius 1 is 1.18 bits per heavy atom. The molecule has 2 fully saturated rings. The minimum Gasteiger partial charge on any atom is -0.385 e. The van der Waals surface area contributed by atoms with Crippen LogP contribution in [0.2, 0.25) is 0 Å². The minimum absolute atomic E-state index is 0.486. The molecule has 0 radical (unpaired) electrons. The molecule has 3 rings (SSSR count). The predicted molar refractivity (Wildman–Crippen MR) is 69.0 cm³/mol. The van der Waals surface area contributed by atoms with E-state index in [9.17, 15) is 5.11 Å². The Balaban J connectivity index is 1.87. The molecule has 1 N–H and O–H groups in total. The molecule has 2 nitrogen and oxygen atoms in total. The van der Waals surface area contributed by atoms with Gasteiger partial charge in [-0.05, 0) is 62.9 Å². The highest BCUT2D eigenvalue weighted by atomic mass is 16.3. The van der Waals surface area contributed by atoms with Gasteiger partial charge in [0.05, 0.1) is 5.60 Å². The first-order chi connectivity index (χ1) is 8.19. The van der Waals surface area contributed by atoms with Crippen LogP contribution >= 0.6 is 0 Å². The Labute approximate surface area is 103 Å². The Hall–Kier alpha value is -0.860. The summed E-state index contributed by atoms with van der Waals surface area (Å²) in [6.07, 6.45) is 4.33. The molecule has 0 unspecified atom stereocenters. The molecule has 1 saturated heterocycles. The van der Waals surface area contributed by atoms with Gasteiger partial charge in [-0.2, -0.15) is 0 Å². The molecule has 1 aliphatic heterocycles. The van der Waals surface area contributed by atoms with Crippen molar-refractivity contribution in [3.8, 4) is 0 Å². The van der Waals surface area contributed by atoms with Gasteiger partial charge >= 0.3 is 0 Å². The van der Waals surface area contributed by atoms with Crippen molar-refractivity contribution in [1.82, 2.24) is 4.90 Å². The number of rotatable bonds is 2. The fraction of sp³-hybridized carbons (Fsp3) is 0.600. The third-order valence-electron chi connectivity index (χ3n) is 4.34. The summed E-state index contributed by atoms with van der Waals surface area (Å²) in [6.45, 7) is 2.36. The van der Waals surface area contributed by atoms with Crippen LogP contribution in [0.5, 0.6) is 0 Å². The lowest BCUT2D eigenvalue weighted by atomic mass is 9.84. The van der Waals surface area contributed by atoms with Crippen LogP contribution in [0.25, 0.3) is 0 Å². The molecule has 0 atom stereocenters. The highest BCUT2D eigenvalue weighted by Gasteiger charge is 2.44. The van der Waals surface area contributed by atoms with Crippen LogP contribution in [0, 0.1) is 0 Å². The molecular formula is C15H21NO. The maximum Gasteiger partial charge on any atom is 0.0901 e. The third-order valence-corrected chi connectivity index (χ3v) is 4.34. The Bertz CT molecular complexity index is 403. The number of benzene rings is 1. The zero-order valence-electron chi connectivity index (χ0n) is 10.5. The first-order valence-corrected chi connectivity index (χ1v) is 6.69. The van der Waals surface area contributed by atoms with Crippen molar-refractivity contribution < 1.29 is 5.11 Å². The van der Waals surface area contributed by atoms with Crippen molar-refractivity contribution in [3.05, 3.63) is 35.4 Å². The van der Waals surface area contributed by atoms with Gasteiger partial charge in [0.15, 0.2) is 0 Å². The summed E-state index contributed by atoms with van der Waals surface area (Å²) in [4.78, 5) is 2.39. The average molecular weight is 231 g/mol. The largest absolute Gasteiger partial charge is 0.385 e. The normalized spacial score (nSPS) is 24.8. The highest BCUT2D eigenvalue weighted by molar-refractivity contribution is 5.38. The van der Waals surface area contributed by atoms with E-state index < -0.39 is 5.60 Å². The Morgan fingerprint density at radius 2 is 1.82 bits per heavy atom. The van der Waals surface area contributed by atoms with Gasteiger partial charge in [-0.15, -0.1) is 0 Å². The molecule has 0 bridgehead atoms. The van der Waals surface area contributed by atoms with E-state index in [1.165, 1.54) is 37.1 Å². The Kier molecular flexibility index (Phi) is 2.72. The molecule has 1 aromatic carbocycles. The molecule has 2 heteroatoms. The van der Waals surface area contributed by atoms with E-state index in [0.29, 0.717) is 5.92 Å². The van der Waals surface area contributed by atoms with Gasteiger partial charge in [0.1, 0.15) is 0 Å². The average Bonchev–Trinajstić information content (AvgIpc) is 3.10. The van der Waals surface area contributed by atoms with E-state index in [1.54, 1.807) is 0 Å². The van der Waals surface area contributed by atoms with Crippen molar-refractivity contribution in [3.63, 3.8) is 0 Å². The summed E-state index contributed by atoms with van der Waals surface area (Å²) < 4.78 is 0. The lowest BCUT2D eigenvalue weighted by molar-refractivity contribution is 0.148. The molecule has 0 spiro atoms. The van der Waals surface area contributed by atoms with Crippen molar-refractivity contribution in [2.45, 2.75) is 37.2 Å². The lowest BCUT2D eigenvalue weighted by Crippen LogP contribution is -2.30. The summed E-state index contributed by atoms with van der Waals surface area (Å²) in [5, 5.41) is 10.4. The van der Waals surface area contributed by atoms with Gasteiger partial charge < -0.3 is 10.0 Å². The van der Waals surface area contributed by atoms with E-state index in [1.807, 2.05) is 0 Å². The summed E-state index contributed by atoms with van der Waals surface area (Å²) in [5.74, 6) is 0.645. The van der Waals surface area contributed by atoms with Gasteiger partial charge in [-0.25, -0.2) is 0 Å². The fourth-order valence-corrected chi connectivity index (χ4v) is 2.98. The molecule has 0 aromatic heterocycles. The van der Waals surface area contributed by atoms with Crippen LogP contribution in [0.15, 0.2) is 24.3 Å². The standard InChI is InChI=1S/C15H21NO/c1-16-10-6-12(7-11-16)13-4-2-3-5-14(13)15(17)8-9-15/h2-5,12,17H,6-11H2,1H3. The second kappa shape index (κ2) is 4.11.